The van der Waals surface area contributed by atoms with Gasteiger partial charge in [0.05, 0.1) is 5.69 Å². The van der Waals surface area contributed by atoms with Crippen LogP contribution in [0.2, 0.25) is 0 Å². The largest absolute Gasteiger partial charge is 0.493 e. The minimum Gasteiger partial charge on any atom is -0.493 e. The average molecular weight is 230 g/mol. The Balaban J connectivity index is 2.50. The molecular weight excluding hydrogens is 212 g/mol. The second-order valence-corrected chi connectivity index (χ2v) is 4.39. The molecule has 0 unspecified atom stereocenters. The third kappa shape index (κ3) is 2.18. The summed E-state index contributed by atoms with van der Waals surface area (Å²) in [6.45, 7) is 4.16. The van der Waals surface area contributed by atoms with Crippen molar-refractivity contribution in [1.29, 1.82) is 0 Å². The highest BCUT2D eigenvalue weighted by Gasteiger charge is 2.15. The summed E-state index contributed by atoms with van der Waals surface area (Å²) in [5, 5.41) is 14.4. The van der Waals surface area contributed by atoms with Crippen molar-refractivity contribution in [2.45, 2.75) is 26.7 Å². The van der Waals surface area contributed by atoms with Gasteiger partial charge in [0.1, 0.15) is 0 Å². The van der Waals surface area contributed by atoms with Crippen molar-refractivity contribution in [3.05, 3.63) is 35.4 Å². The number of hydrogen-bond donors (Lipinski definition) is 1. The third-order valence-corrected chi connectivity index (χ3v) is 2.94. The van der Waals surface area contributed by atoms with Crippen LogP contribution in [0.25, 0.3) is 11.3 Å². The lowest BCUT2D eigenvalue weighted by molar-refractivity contribution is 0.413. The Kier molecular flexibility index (Phi) is 3.18. The van der Waals surface area contributed by atoms with Gasteiger partial charge >= 0.3 is 0 Å². The van der Waals surface area contributed by atoms with E-state index in [4.69, 9.17) is 0 Å². The Hall–Kier alpha value is -1.77. The van der Waals surface area contributed by atoms with Crippen LogP contribution < -0.4 is 0 Å². The zero-order valence-electron chi connectivity index (χ0n) is 10.6. The van der Waals surface area contributed by atoms with Gasteiger partial charge in [0.15, 0.2) is 0 Å². The van der Waals surface area contributed by atoms with Gasteiger partial charge in [0, 0.05) is 18.2 Å². The monoisotopic (exact) mass is 230 g/mol. The molecule has 90 valence electrons. The fourth-order valence-corrected chi connectivity index (χ4v) is 1.98. The third-order valence-electron chi connectivity index (χ3n) is 2.94. The molecule has 0 fully saturated rings. The van der Waals surface area contributed by atoms with Crippen molar-refractivity contribution in [2.24, 2.45) is 7.05 Å². The highest BCUT2D eigenvalue weighted by atomic mass is 16.3. The maximum absolute atomic E-state index is 9.97. The van der Waals surface area contributed by atoms with Crippen LogP contribution in [0.1, 0.15) is 24.5 Å². The molecule has 0 saturated heterocycles. The highest BCUT2D eigenvalue weighted by molar-refractivity contribution is 5.65. The lowest BCUT2D eigenvalue weighted by Gasteiger charge is -2.02. The standard InChI is InChI=1S/C14H18N2O/c1-4-5-12-13(15-16(3)14(12)17)11-8-6-10(2)7-9-11/h6-9,17H,4-5H2,1-3H3. The van der Waals surface area contributed by atoms with E-state index in [1.807, 2.05) is 0 Å². The molecule has 1 heterocycles. The summed E-state index contributed by atoms with van der Waals surface area (Å²) in [7, 11) is 1.77. The predicted molar refractivity (Wildman–Crippen MR) is 69.0 cm³/mol. The van der Waals surface area contributed by atoms with Gasteiger partial charge in [-0.3, -0.25) is 0 Å². The van der Waals surface area contributed by atoms with Gasteiger partial charge in [-0.25, -0.2) is 4.68 Å². The molecule has 1 N–H and O–H groups in total. The molecule has 0 atom stereocenters. The molecule has 1 aromatic heterocycles. The summed E-state index contributed by atoms with van der Waals surface area (Å²) in [5.74, 6) is 0.280. The molecule has 3 heteroatoms. The van der Waals surface area contributed by atoms with Crippen LogP contribution in [-0.2, 0) is 13.5 Å². The Labute approximate surface area is 102 Å². The topological polar surface area (TPSA) is 38.0 Å². The van der Waals surface area contributed by atoms with Crippen molar-refractivity contribution in [1.82, 2.24) is 9.78 Å². The van der Waals surface area contributed by atoms with E-state index in [1.54, 1.807) is 11.7 Å². The van der Waals surface area contributed by atoms with E-state index in [1.165, 1.54) is 5.56 Å². The molecule has 17 heavy (non-hydrogen) atoms. The van der Waals surface area contributed by atoms with Crippen LogP contribution in [0.5, 0.6) is 5.88 Å². The van der Waals surface area contributed by atoms with Gasteiger partial charge in [-0.1, -0.05) is 43.2 Å². The minimum atomic E-state index is 0.280. The zero-order chi connectivity index (χ0) is 12.4. The average Bonchev–Trinajstić information content (AvgIpc) is 2.59. The molecule has 0 spiro atoms. The number of benzene rings is 1. The molecule has 0 radical (unpaired) electrons. The quantitative estimate of drug-likeness (QED) is 0.880. The van der Waals surface area contributed by atoms with Crippen LogP contribution in [0, 0.1) is 6.92 Å². The minimum absolute atomic E-state index is 0.280. The number of aromatic hydroxyl groups is 1. The van der Waals surface area contributed by atoms with Crippen LogP contribution >= 0.6 is 0 Å². The van der Waals surface area contributed by atoms with Gasteiger partial charge in [0.25, 0.3) is 0 Å². The van der Waals surface area contributed by atoms with Crippen LogP contribution in [0.3, 0.4) is 0 Å². The summed E-state index contributed by atoms with van der Waals surface area (Å²) in [6, 6.07) is 8.24. The molecule has 0 saturated carbocycles. The number of nitrogens with zero attached hydrogens (tertiary/aromatic N) is 2. The highest BCUT2D eigenvalue weighted by Crippen LogP contribution is 2.30. The van der Waals surface area contributed by atoms with E-state index in [0.29, 0.717) is 0 Å². The molecular formula is C14H18N2O. The second-order valence-electron chi connectivity index (χ2n) is 4.39. The first-order valence-corrected chi connectivity index (χ1v) is 5.95. The molecule has 1 aromatic carbocycles. The fraction of sp³-hybridized carbons (Fsp3) is 0.357. The Morgan fingerprint density at radius 3 is 2.47 bits per heavy atom. The van der Waals surface area contributed by atoms with Crippen molar-refractivity contribution in [2.75, 3.05) is 0 Å². The number of aromatic nitrogens is 2. The first-order chi connectivity index (χ1) is 8.13. The molecule has 2 rings (SSSR count). The lowest BCUT2D eigenvalue weighted by atomic mass is 10.0. The summed E-state index contributed by atoms with van der Waals surface area (Å²) < 4.78 is 1.54. The van der Waals surface area contributed by atoms with E-state index >= 15 is 0 Å². The van der Waals surface area contributed by atoms with Crippen LogP contribution in [0.15, 0.2) is 24.3 Å². The summed E-state index contributed by atoms with van der Waals surface area (Å²) in [4.78, 5) is 0. The van der Waals surface area contributed by atoms with Gasteiger partial charge in [-0.15, -0.1) is 0 Å². The maximum Gasteiger partial charge on any atom is 0.212 e. The second kappa shape index (κ2) is 4.62. The van der Waals surface area contributed by atoms with Crippen molar-refractivity contribution >= 4 is 0 Å². The Morgan fingerprint density at radius 2 is 1.88 bits per heavy atom. The maximum atomic E-state index is 9.97. The van der Waals surface area contributed by atoms with E-state index in [2.05, 4.69) is 43.2 Å². The Bertz CT molecular complexity index is 512. The normalized spacial score (nSPS) is 10.8. The SMILES string of the molecule is CCCc1c(-c2ccc(C)cc2)nn(C)c1O. The van der Waals surface area contributed by atoms with Crippen molar-refractivity contribution in [3.63, 3.8) is 0 Å². The molecule has 0 amide bonds. The summed E-state index contributed by atoms with van der Waals surface area (Å²) in [5.41, 5.74) is 4.13. The molecule has 0 aliphatic heterocycles. The lowest BCUT2D eigenvalue weighted by Crippen LogP contribution is -1.89. The molecule has 3 nitrogen and oxygen atoms in total. The smallest absolute Gasteiger partial charge is 0.212 e. The molecule has 0 aliphatic rings. The molecule has 0 bridgehead atoms. The van der Waals surface area contributed by atoms with E-state index in [9.17, 15) is 5.11 Å². The summed E-state index contributed by atoms with van der Waals surface area (Å²) >= 11 is 0. The number of hydrogen-bond acceptors (Lipinski definition) is 2. The first-order valence-electron chi connectivity index (χ1n) is 5.95. The summed E-state index contributed by atoms with van der Waals surface area (Å²) in [6.07, 6.45) is 1.85. The van der Waals surface area contributed by atoms with Gasteiger partial charge < -0.3 is 5.11 Å². The molecule has 0 aliphatic carbocycles. The predicted octanol–water partition coefficient (Wildman–Crippen LogP) is 3.05. The van der Waals surface area contributed by atoms with Crippen molar-refractivity contribution in [3.8, 4) is 17.1 Å². The van der Waals surface area contributed by atoms with Crippen LogP contribution in [0.4, 0.5) is 0 Å². The Morgan fingerprint density at radius 1 is 1.24 bits per heavy atom. The van der Waals surface area contributed by atoms with Crippen LogP contribution in [-0.4, -0.2) is 14.9 Å². The van der Waals surface area contributed by atoms with Gasteiger partial charge in [-0.2, -0.15) is 5.10 Å². The van der Waals surface area contributed by atoms with Gasteiger partial charge in [-0.05, 0) is 13.3 Å². The number of rotatable bonds is 3. The molecule has 2 aromatic rings. The fourth-order valence-electron chi connectivity index (χ4n) is 1.98. The first kappa shape index (κ1) is 11.7. The van der Waals surface area contributed by atoms with E-state index in [0.717, 1.165) is 29.7 Å². The van der Waals surface area contributed by atoms with Gasteiger partial charge in [0.2, 0.25) is 5.88 Å². The van der Waals surface area contributed by atoms with E-state index < -0.39 is 0 Å². The zero-order valence-corrected chi connectivity index (χ0v) is 10.6. The van der Waals surface area contributed by atoms with Crippen molar-refractivity contribution < 1.29 is 5.11 Å². The van der Waals surface area contributed by atoms with E-state index in [-0.39, 0.29) is 5.88 Å². The number of aryl methyl sites for hydroxylation is 2.